The van der Waals surface area contributed by atoms with Crippen LogP contribution in [0.3, 0.4) is 0 Å². The first-order chi connectivity index (χ1) is 8.40. The van der Waals surface area contributed by atoms with Gasteiger partial charge in [-0.2, -0.15) is 0 Å². The Morgan fingerprint density at radius 3 is 2.44 bits per heavy atom. The van der Waals surface area contributed by atoms with Crippen molar-refractivity contribution in [3.8, 4) is 0 Å². The number of benzene rings is 1. The standard InChI is InChI=1S/C16H24ClN/c1-11(2)15(10-18-12(3)4)9-14-6-7-16(17)8-13(14)5/h6-9,11-12,18H,10H2,1-5H3/b15-9-. The molecule has 0 amide bonds. The summed E-state index contributed by atoms with van der Waals surface area (Å²) in [6, 6.07) is 6.57. The van der Waals surface area contributed by atoms with E-state index in [1.165, 1.54) is 16.7 Å². The van der Waals surface area contributed by atoms with Crippen LogP contribution in [0.1, 0.15) is 38.8 Å². The third kappa shape index (κ3) is 4.83. The van der Waals surface area contributed by atoms with E-state index in [1.54, 1.807) is 0 Å². The van der Waals surface area contributed by atoms with Gasteiger partial charge in [0.25, 0.3) is 0 Å². The van der Waals surface area contributed by atoms with Gasteiger partial charge in [0, 0.05) is 17.6 Å². The van der Waals surface area contributed by atoms with E-state index in [0.29, 0.717) is 12.0 Å². The van der Waals surface area contributed by atoms with Gasteiger partial charge in [-0.25, -0.2) is 0 Å². The lowest BCUT2D eigenvalue weighted by Gasteiger charge is -2.15. The highest BCUT2D eigenvalue weighted by atomic mass is 35.5. The molecular formula is C16H24ClN. The maximum Gasteiger partial charge on any atom is 0.0409 e. The van der Waals surface area contributed by atoms with Gasteiger partial charge in [-0.15, -0.1) is 0 Å². The molecule has 1 N–H and O–H groups in total. The fourth-order valence-corrected chi connectivity index (χ4v) is 1.97. The van der Waals surface area contributed by atoms with Crippen LogP contribution < -0.4 is 5.32 Å². The SMILES string of the molecule is Cc1cc(Cl)ccc1/C=C(/CNC(C)C)C(C)C. The fraction of sp³-hybridized carbons (Fsp3) is 0.500. The molecule has 0 unspecified atom stereocenters. The molecule has 0 aliphatic rings. The van der Waals surface area contributed by atoms with Crippen molar-refractivity contribution in [2.45, 2.75) is 40.7 Å². The molecule has 0 radical (unpaired) electrons. The summed E-state index contributed by atoms with van der Waals surface area (Å²) in [5, 5.41) is 4.29. The second-order valence-electron chi connectivity index (χ2n) is 5.41. The van der Waals surface area contributed by atoms with Gasteiger partial charge >= 0.3 is 0 Å². The smallest absolute Gasteiger partial charge is 0.0409 e. The van der Waals surface area contributed by atoms with Gasteiger partial charge in [-0.05, 0) is 36.1 Å². The normalized spacial score (nSPS) is 12.6. The third-order valence-electron chi connectivity index (χ3n) is 3.03. The van der Waals surface area contributed by atoms with E-state index in [0.717, 1.165) is 11.6 Å². The average molecular weight is 266 g/mol. The summed E-state index contributed by atoms with van der Waals surface area (Å²) in [7, 11) is 0. The lowest BCUT2D eigenvalue weighted by Crippen LogP contribution is -2.26. The zero-order chi connectivity index (χ0) is 13.7. The van der Waals surface area contributed by atoms with E-state index < -0.39 is 0 Å². The maximum absolute atomic E-state index is 5.99. The fourth-order valence-electron chi connectivity index (χ4n) is 1.74. The molecule has 0 saturated carbocycles. The summed E-state index contributed by atoms with van der Waals surface area (Å²) in [5.41, 5.74) is 3.91. The summed E-state index contributed by atoms with van der Waals surface area (Å²) in [5.74, 6) is 0.548. The topological polar surface area (TPSA) is 12.0 Å². The highest BCUT2D eigenvalue weighted by molar-refractivity contribution is 6.30. The van der Waals surface area contributed by atoms with Crippen LogP contribution >= 0.6 is 11.6 Å². The summed E-state index contributed by atoms with van der Waals surface area (Å²) < 4.78 is 0. The Morgan fingerprint density at radius 2 is 1.94 bits per heavy atom. The van der Waals surface area contributed by atoms with Gasteiger partial charge in [0.2, 0.25) is 0 Å². The van der Waals surface area contributed by atoms with Crippen LogP contribution in [-0.2, 0) is 0 Å². The summed E-state index contributed by atoms with van der Waals surface area (Å²) in [4.78, 5) is 0. The van der Waals surface area contributed by atoms with Crippen molar-refractivity contribution in [3.63, 3.8) is 0 Å². The van der Waals surface area contributed by atoms with Crippen LogP contribution in [0.15, 0.2) is 23.8 Å². The molecule has 0 aliphatic carbocycles. The maximum atomic E-state index is 5.99. The number of hydrogen-bond acceptors (Lipinski definition) is 1. The lowest BCUT2D eigenvalue weighted by atomic mass is 9.98. The first kappa shape index (κ1) is 15.3. The molecule has 0 heterocycles. The number of hydrogen-bond donors (Lipinski definition) is 1. The van der Waals surface area contributed by atoms with Crippen molar-refractivity contribution in [2.24, 2.45) is 5.92 Å². The molecule has 0 fully saturated rings. The molecule has 18 heavy (non-hydrogen) atoms. The van der Waals surface area contributed by atoms with Crippen LogP contribution in [-0.4, -0.2) is 12.6 Å². The molecule has 1 rings (SSSR count). The van der Waals surface area contributed by atoms with E-state index in [-0.39, 0.29) is 0 Å². The Bertz CT molecular complexity index is 419. The highest BCUT2D eigenvalue weighted by Crippen LogP contribution is 2.20. The second kappa shape index (κ2) is 6.96. The Balaban J connectivity index is 2.93. The Labute approximate surface area is 116 Å². The number of rotatable bonds is 5. The van der Waals surface area contributed by atoms with E-state index in [1.807, 2.05) is 12.1 Å². The van der Waals surface area contributed by atoms with Crippen molar-refractivity contribution in [1.29, 1.82) is 0 Å². The van der Waals surface area contributed by atoms with Crippen molar-refractivity contribution in [1.82, 2.24) is 5.32 Å². The number of nitrogens with one attached hydrogen (secondary N) is 1. The monoisotopic (exact) mass is 265 g/mol. The molecule has 100 valence electrons. The van der Waals surface area contributed by atoms with E-state index in [9.17, 15) is 0 Å². The Morgan fingerprint density at radius 1 is 1.28 bits per heavy atom. The van der Waals surface area contributed by atoms with E-state index in [2.05, 4.69) is 52.1 Å². The molecule has 2 heteroatoms. The zero-order valence-corrected chi connectivity index (χ0v) is 12.8. The van der Waals surface area contributed by atoms with Gasteiger partial charge in [-0.3, -0.25) is 0 Å². The summed E-state index contributed by atoms with van der Waals surface area (Å²) >= 11 is 5.99. The zero-order valence-electron chi connectivity index (χ0n) is 12.0. The van der Waals surface area contributed by atoms with E-state index in [4.69, 9.17) is 11.6 Å². The van der Waals surface area contributed by atoms with Crippen molar-refractivity contribution in [2.75, 3.05) is 6.54 Å². The molecule has 0 aliphatic heterocycles. The minimum atomic E-state index is 0.512. The van der Waals surface area contributed by atoms with Gasteiger partial charge in [0.15, 0.2) is 0 Å². The van der Waals surface area contributed by atoms with Gasteiger partial charge < -0.3 is 5.32 Å². The number of aryl methyl sites for hydroxylation is 1. The van der Waals surface area contributed by atoms with E-state index >= 15 is 0 Å². The molecule has 1 aromatic carbocycles. The molecule has 0 bridgehead atoms. The predicted molar refractivity (Wildman–Crippen MR) is 82.1 cm³/mol. The first-order valence-corrected chi connectivity index (χ1v) is 6.98. The molecule has 0 saturated heterocycles. The summed E-state index contributed by atoms with van der Waals surface area (Å²) in [6.07, 6.45) is 2.28. The molecular weight excluding hydrogens is 242 g/mol. The average Bonchev–Trinajstić information content (AvgIpc) is 2.26. The largest absolute Gasteiger partial charge is 0.311 e. The lowest BCUT2D eigenvalue weighted by molar-refractivity contribution is 0.593. The first-order valence-electron chi connectivity index (χ1n) is 6.60. The quantitative estimate of drug-likeness (QED) is 0.815. The van der Waals surface area contributed by atoms with Crippen LogP contribution in [0.25, 0.3) is 6.08 Å². The van der Waals surface area contributed by atoms with Crippen LogP contribution in [0.2, 0.25) is 5.02 Å². The van der Waals surface area contributed by atoms with Gasteiger partial charge in [0.1, 0.15) is 0 Å². The number of halogens is 1. The second-order valence-corrected chi connectivity index (χ2v) is 5.85. The molecule has 1 nitrogen and oxygen atoms in total. The predicted octanol–water partition coefficient (Wildman–Crippen LogP) is 4.69. The molecule has 1 aromatic rings. The minimum absolute atomic E-state index is 0.512. The van der Waals surface area contributed by atoms with Crippen molar-refractivity contribution >= 4 is 17.7 Å². The molecule has 0 aromatic heterocycles. The van der Waals surface area contributed by atoms with Crippen molar-refractivity contribution < 1.29 is 0 Å². The van der Waals surface area contributed by atoms with Crippen LogP contribution in [0.5, 0.6) is 0 Å². The molecule has 0 atom stereocenters. The Hall–Kier alpha value is -0.790. The summed E-state index contributed by atoms with van der Waals surface area (Å²) in [6.45, 7) is 11.9. The minimum Gasteiger partial charge on any atom is -0.311 e. The van der Waals surface area contributed by atoms with Gasteiger partial charge in [-0.1, -0.05) is 57.0 Å². The Kier molecular flexibility index (Phi) is 5.90. The van der Waals surface area contributed by atoms with Crippen molar-refractivity contribution in [3.05, 3.63) is 39.9 Å². The van der Waals surface area contributed by atoms with Gasteiger partial charge in [0.05, 0.1) is 0 Å². The molecule has 0 spiro atoms. The van der Waals surface area contributed by atoms with Crippen LogP contribution in [0, 0.1) is 12.8 Å². The third-order valence-corrected chi connectivity index (χ3v) is 3.26. The highest BCUT2D eigenvalue weighted by Gasteiger charge is 2.06. The van der Waals surface area contributed by atoms with Crippen LogP contribution in [0.4, 0.5) is 0 Å².